The van der Waals surface area contributed by atoms with Gasteiger partial charge in [0, 0.05) is 10.0 Å². The number of alkyl halides is 4. The molecule has 6 heteroatoms. The van der Waals surface area contributed by atoms with E-state index >= 15 is 0 Å². The van der Waals surface area contributed by atoms with Gasteiger partial charge in [-0.3, -0.25) is 0 Å². The summed E-state index contributed by atoms with van der Waals surface area (Å²) in [6, 6.07) is 1.86. The SMILES string of the molecule is COc1cc(C(F)F)c(Br)cc1C(F)F. The highest BCUT2D eigenvalue weighted by Crippen LogP contribution is 2.37. The Morgan fingerprint density at radius 2 is 1.60 bits per heavy atom. The van der Waals surface area contributed by atoms with Gasteiger partial charge >= 0.3 is 0 Å². The van der Waals surface area contributed by atoms with Gasteiger partial charge in [-0.1, -0.05) is 15.9 Å². The lowest BCUT2D eigenvalue weighted by Crippen LogP contribution is -1.96. The fourth-order valence-corrected chi connectivity index (χ4v) is 1.63. The minimum Gasteiger partial charge on any atom is -0.496 e. The molecule has 1 aromatic carbocycles. The van der Waals surface area contributed by atoms with Crippen molar-refractivity contribution in [2.45, 2.75) is 12.9 Å². The molecule has 0 fully saturated rings. The Hall–Kier alpha value is -0.780. The minimum absolute atomic E-state index is 0.0476. The van der Waals surface area contributed by atoms with Crippen LogP contribution in [0.1, 0.15) is 24.0 Å². The minimum atomic E-state index is -2.76. The molecule has 0 aromatic heterocycles. The van der Waals surface area contributed by atoms with E-state index in [1.54, 1.807) is 0 Å². The van der Waals surface area contributed by atoms with Crippen LogP contribution in [-0.4, -0.2) is 7.11 Å². The van der Waals surface area contributed by atoms with Gasteiger partial charge in [0.15, 0.2) is 0 Å². The summed E-state index contributed by atoms with van der Waals surface area (Å²) in [6.45, 7) is 0. The van der Waals surface area contributed by atoms with E-state index in [9.17, 15) is 17.6 Å². The van der Waals surface area contributed by atoms with Gasteiger partial charge < -0.3 is 4.74 Å². The summed E-state index contributed by atoms with van der Waals surface area (Å²) in [5.74, 6) is -0.233. The maximum absolute atomic E-state index is 12.4. The Labute approximate surface area is 92.2 Å². The number of hydrogen-bond donors (Lipinski definition) is 0. The van der Waals surface area contributed by atoms with E-state index in [0.29, 0.717) is 0 Å². The molecular formula is C9H7BrF4O. The second-order valence-electron chi connectivity index (χ2n) is 2.72. The average Bonchev–Trinajstić information content (AvgIpc) is 2.16. The number of methoxy groups -OCH3 is 1. The predicted octanol–water partition coefficient (Wildman–Crippen LogP) is 4.33. The van der Waals surface area contributed by atoms with E-state index in [2.05, 4.69) is 20.7 Å². The van der Waals surface area contributed by atoms with Crippen LogP contribution in [0.2, 0.25) is 0 Å². The zero-order chi connectivity index (χ0) is 11.6. The lowest BCUT2D eigenvalue weighted by Gasteiger charge is -2.11. The van der Waals surface area contributed by atoms with E-state index in [4.69, 9.17) is 0 Å². The van der Waals surface area contributed by atoms with Crippen molar-refractivity contribution >= 4 is 15.9 Å². The first-order chi connectivity index (χ1) is 6.97. The van der Waals surface area contributed by atoms with Crippen LogP contribution >= 0.6 is 15.9 Å². The van der Waals surface area contributed by atoms with Gasteiger partial charge in [0.2, 0.25) is 0 Å². The molecule has 0 amide bonds. The largest absolute Gasteiger partial charge is 0.496 e. The fourth-order valence-electron chi connectivity index (χ4n) is 1.10. The summed E-state index contributed by atoms with van der Waals surface area (Å²) in [4.78, 5) is 0. The molecule has 1 aromatic rings. The summed E-state index contributed by atoms with van der Waals surface area (Å²) in [5.41, 5.74) is -0.773. The van der Waals surface area contributed by atoms with Crippen molar-refractivity contribution in [2.24, 2.45) is 0 Å². The van der Waals surface area contributed by atoms with Crippen molar-refractivity contribution in [2.75, 3.05) is 7.11 Å². The second-order valence-corrected chi connectivity index (χ2v) is 3.57. The summed E-state index contributed by atoms with van der Waals surface area (Å²) >= 11 is 2.81. The van der Waals surface area contributed by atoms with Crippen LogP contribution in [0.4, 0.5) is 17.6 Å². The van der Waals surface area contributed by atoms with Crippen LogP contribution in [0, 0.1) is 0 Å². The van der Waals surface area contributed by atoms with E-state index in [0.717, 1.165) is 19.2 Å². The van der Waals surface area contributed by atoms with Crippen molar-refractivity contribution in [3.05, 3.63) is 27.7 Å². The maximum Gasteiger partial charge on any atom is 0.267 e. The molecule has 0 heterocycles. The molecule has 0 radical (unpaired) electrons. The van der Waals surface area contributed by atoms with Gasteiger partial charge in [0.1, 0.15) is 5.75 Å². The summed E-state index contributed by atoms with van der Waals surface area (Å²) in [6.07, 6.45) is -5.50. The van der Waals surface area contributed by atoms with Crippen molar-refractivity contribution in [3.8, 4) is 5.75 Å². The lowest BCUT2D eigenvalue weighted by atomic mass is 10.1. The highest BCUT2D eigenvalue weighted by Gasteiger charge is 2.20. The van der Waals surface area contributed by atoms with E-state index in [1.165, 1.54) is 0 Å². The molecular weight excluding hydrogens is 280 g/mol. The molecule has 0 saturated heterocycles. The van der Waals surface area contributed by atoms with Crippen molar-refractivity contribution in [3.63, 3.8) is 0 Å². The number of benzene rings is 1. The summed E-state index contributed by atoms with van der Waals surface area (Å²) in [7, 11) is 1.16. The first kappa shape index (κ1) is 12.3. The molecule has 0 aliphatic carbocycles. The van der Waals surface area contributed by atoms with Gasteiger partial charge in [0.05, 0.1) is 12.7 Å². The number of rotatable bonds is 3. The van der Waals surface area contributed by atoms with Gasteiger partial charge in [-0.2, -0.15) is 0 Å². The predicted molar refractivity (Wildman–Crippen MR) is 50.6 cm³/mol. The van der Waals surface area contributed by atoms with E-state index in [1.807, 2.05) is 0 Å². The summed E-state index contributed by atoms with van der Waals surface area (Å²) < 4.78 is 54.3. The van der Waals surface area contributed by atoms with Crippen LogP contribution in [0.3, 0.4) is 0 Å². The van der Waals surface area contributed by atoms with Crippen LogP contribution in [0.15, 0.2) is 16.6 Å². The molecule has 0 atom stereocenters. The molecule has 0 aliphatic rings. The quantitative estimate of drug-likeness (QED) is 0.752. The highest BCUT2D eigenvalue weighted by molar-refractivity contribution is 9.10. The molecule has 1 rings (SSSR count). The third-order valence-electron chi connectivity index (χ3n) is 1.82. The molecule has 15 heavy (non-hydrogen) atoms. The fraction of sp³-hybridized carbons (Fsp3) is 0.333. The van der Waals surface area contributed by atoms with Crippen LogP contribution in [-0.2, 0) is 0 Å². The van der Waals surface area contributed by atoms with Gasteiger partial charge in [-0.15, -0.1) is 0 Å². The van der Waals surface area contributed by atoms with Crippen LogP contribution < -0.4 is 4.74 Å². The Morgan fingerprint density at radius 3 is 2.00 bits per heavy atom. The lowest BCUT2D eigenvalue weighted by molar-refractivity contribution is 0.142. The van der Waals surface area contributed by atoms with E-state index in [-0.39, 0.29) is 15.8 Å². The summed E-state index contributed by atoms with van der Waals surface area (Å²) in [5, 5.41) is 0. The number of hydrogen-bond acceptors (Lipinski definition) is 1. The van der Waals surface area contributed by atoms with Crippen LogP contribution in [0.5, 0.6) is 5.75 Å². The van der Waals surface area contributed by atoms with Crippen molar-refractivity contribution in [1.29, 1.82) is 0 Å². The standard InChI is InChI=1S/C9H7BrF4O/c1-15-7-3-4(8(11)12)6(10)2-5(7)9(13)14/h2-3,8-9H,1H3. The Bertz CT molecular complexity index is 354. The molecule has 0 aliphatic heterocycles. The normalized spacial score (nSPS) is 11.2. The third-order valence-corrected chi connectivity index (χ3v) is 2.51. The Balaban J connectivity index is 3.29. The highest BCUT2D eigenvalue weighted by atomic mass is 79.9. The smallest absolute Gasteiger partial charge is 0.267 e. The molecule has 0 N–H and O–H groups in total. The average molecular weight is 287 g/mol. The number of ether oxygens (including phenoxy) is 1. The Kier molecular flexibility index (Phi) is 3.96. The third kappa shape index (κ3) is 2.62. The molecule has 0 spiro atoms. The topological polar surface area (TPSA) is 9.23 Å². The van der Waals surface area contributed by atoms with Gasteiger partial charge in [-0.25, -0.2) is 17.6 Å². The zero-order valence-electron chi connectivity index (χ0n) is 7.61. The van der Waals surface area contributed by atoms with Gasteiger partial charge in [0.25, 0.3) is 12.9 Å². The maximum atomic E-state index is 12.4. The molecule has 84 valence electrons. The molecule has 0 saturated carbocycles. The molecule has 1 nitrogen and oxygen atoms in total. The number of halogens is 5. The molecule has 0 bridgehead atoms. The first-order valence-electron chi connectivity index (χ1n) is 3.91. The Morgan fingerprint density at radius 1 is 1.07 bits per heavy atom. The zero-order valence-corrected chi connectivity index (χ0v) is 9.19. The monoisotopic (exact) mass is 286 g/mol. The van der Waals surface area contributed by atoms with E-state index < -0.39 is 18.4 Å². The van der Waals surface area contributed by atoms with Gasteiger partial charge in [-0.05, 0) is 12.1 Å². The first-order valence-corrected chi connectivity index (χ1v) is 4.70. The second kappa shape index (κ2) is 4.83. The van der Waals surface area contributed by atoms with Crippen LogP contribution in [0.25, 0.3) is 0 Å². The molecule has 0 unspecified atom stereocenters. The van der Waals surface area contributed by atoms with Crippen molar-refractivity contribution < 1.29 is 22.3 Å². The van der Waals surface area contributed by atoms with Crippen molar-refractivity contribution in [1.82, 2.24) is 0 Å².